The second-order valence-electron chi connectivity index (χ2n) is 5.31. The molecule has 0 fully saturated rings. The minimum absolute atomic E-state index is 0.278. The summed E-state index contributed by atoms with van der Waals surface area (Å²) in [6.07, 6.45) is 4.46. The molecule has 2 heteroatoms. The Labute approximate surface area is 120 Å². The van der Waals surface area contributed by atoms with Crippen LogP contribution in [-0.2, 0) is 12.8 Å². The average molecular weight is 273 g/mol. The van der Waals surface area contributed by atoms with Crippen molar-refractivity contribution in [1.82, 2.24) is 0 Å². The molecule has 1 unspecified atom stereocenters. The van der Waals surface area contributed by atoms with Gasteiger partial charge in [0.15, 0.2) is 0 Å². The van der Waals surface area contributed by atoms with Gasteiger partial charge >= 0.3 is 0 Å². The van der Waals surface area contributed by atoms with Gasteiger partial charge in [-0.3, -0.25) is 0 Å². The molecule has 1 heterocycles. The first-order valence-electron chi connectivity index (χ1n) is 7.00. The molecule has 0 spiro atoms. The summed E-state index contributed by atoms with van der Waals surface area (Å²) in [5.41, 5.74) is 10.5. The van der Waals surface area contributed by atoms with Gasteiger partial charge in [0.25, 0.3) is 0 Å². The van der Waals surface area contributed by atoms with Gasteiger partial charge in [0.05, 0.1) is 0 Å². The van der Waals surface area contributed by atoms with Crippen LogP contribution < -0.4 is 5.73 Å². The molecule has 19 heavy (non-hydrogen) atoms. The molecule has 0 saturated heterocycles. The Kier molecular flexibility index (Phi) is 5.17. The Hall–Kier alpha value is -1.12. The third-order valence-corrected chi connectivity index (χ3v) is 4.63. The van der Waals surface area contributed by atoms with Crippen molar-refractivity contribution in [2.45, 2.75) is 45.6 Å². The van der Waals surface area contributed by atoms with E-state index in [0.29, 0.717) is 0 Å². The molecular weight excluding hydrogens is 250 g/mol. The maximum absolute atomic E-state index is 6.29. The molecule has 0 amide bonds. The highest BCUT2D eigenvalue weighted by Gasteiger charge is 2.08. The predicted molar refractivity (Wildman–Crippen MR) is 84.9 cm³/mol. The van der Waals surface area contributed by atoms with Gasteiger partial charge in [-0.2, -0.15) is 0 Å². The summed E-state index contributed by atoms with van der Waals surface area (Å²) in [7, 11) is 0. The lowest BCUT2D eigenvalue weighted by atomic mass is 9.94. The summed E-state index contributed by atoms with van der Waals surface area (Å²) >= 11 is 1.84. The van der Waals surface area contributed by atoms with E-state index >= 15 is 0 Å². The second kappa shape index (κ2) is 6.88. The summed E-state index contributed by atoms with van der Waals surface area (Å²) in [5.74, 6) is 0. The van der Waals surface area contributed by atoms with E-state index in [2.05, 4.69) is 49.6 Å². The molecule has 0 aliphatic rings. The van der Waals surface area contributed by atoms with Crippen LogP contribution in [0.25, 0.3) is 0 Å². The smallest absolute Gasteiger partial charge is 0.00796 e. The molecule has 1 aromatic carbocycles. The van der Waals surface area contributed by atoms with Gasteiger partial charge in [-0.1, -0.05) is 24.3 Å². The number of hydrogen-bond donors (Lipinski definition) is 1. The van der Waals surface area contributed by atoms with Crippen molar-refractivity contribution in [2.24, 2.45) is 5.73 Å². The lowest BCUT2D eigenvalue weighted by Gasteiger charge is -2.15. The first kappa shape index (κ1) is 14.3. The first-order valence-corrected chi connectivity index (χ1v) is 7.88. The van der Waals surface area contributed by atoms with Crippen LogP contribution in [0.2, 0.25) is 0 Å². The Morgan fingerprint density at radius 3 is 2.47 bits per heavy atom. The van der Waals surface area contributed by atoms with Crippen LogP contribution in [0.15, 0.2) is 35.7 Å². The third kappa shape index (κ3) is 4.19. The lowest BCUT2D eigenvalue weighted by molar-refractivity contribution is 0.579. The van der Waals surface area contributed by atoms with E-state index in [1.165, 1.54) is 28.0 Å². The van der Waals surface area contributed by atoms with Gasteiger partial charge in [-0.05, 0) is 67.7 Å². The molecule has 2 N–H and O–H groups in total. The van der Waals surface area contributed by atoms with Gasteiger partial charge in [0, 0.05) is 10.9 Å². The van der Waals surface area contributed by atoms with E-state index in [1.54, 1.807) is 0 Å². The second-order valence-corrected chi connectivity index (χ2v) is 6.34. The molecular formula is C17H23NS. The van der Waals surface area contributed by atoms with Crippen molar-refractivity contribution in [3.05, 3.63) is 57.3 Å². The molecule has 102 valence electrons. The molecule has 2 rings (SSSR count). The highest BCUT2D eigenvalue weighted by molar-refractivity contribution is 7.09. The number of thiophene rings is 1. The van der Waals surface area contributed by atoms with Gasteiger partial charge in [0.2, 0.25) is 0 Å². The van der Waals surface area contributed by atoms with Crippen LogP contribution in [-0.4, -0.2) is 6.04 Å². The molecule has 1 aromatic heterocycles. The van der Waals surface area contributed by atoms with E-state index in [0.717, 1.165) is 19.3 Å². The Morgan fingerprint density at radius 2 is 1.84 bits per heavy atom. The SMILES string of the molecule is Cc1cccc(C)c1CC(N)CCCc1cccs1. The maximum atomic E-state index is 6.29. The van der Waals surface area contributed by atoms with Crippen LogP contribution >= 0.6 is 11.3 Å². The summed E-state index contributed by atoms with van der Waals surface area (Å²) in [4.78, 5) is 1.47. The topological polar surface area (TPSA) is 26.0 Å². The summed E-state index contributed by atoms with van der Waals surface area (Å²) in [6.45, 7) is 4.36. The predicted octanol–water partition coefficient (Wildman–Crippen LogP) is 4.26. The van der Waals surface area contributed by atoms with Gasteiger partial charge < -0.3 is 5.73 Å². The van der Waals surface area contributed by atoms with Crippen molar-refractivity contribution in [2.75, 3.05) is 0 Å². The average Bonchev–Trinajstić information content (AvgIpc) is 2.87. The van der Waals surface area contributed by atoms with E-state index in [4.69, 9.17) is 5.73 Å². The van der Waals surface area contributed by atoms with Crippen molar-refractivity contribution in [3.63, 3.8) is 0 Å². The van der Waals surface area contributed by atoms with E-state index in [-0.39, 0.29) is 6.04 Å². The highest BCUT2D eigenvalue weighted by atomic mass is 32.1. The van der Waals surface area contributed by atoms with Gasteiger partial charge in [0.1, 0.15) is 0 Å². The fourth-order valence-corrected chi connectivity index (χ4v) is 3.28. The summed E-state index contributed by atoms with van der Waals surface area (Å²) < 4.78 is 0. The van der Waals surface area contributed by atoms with Gasteiger partial charge in [-0.15, -0.1) is 11.3 Å². The normalized spacial score (nSPS) is 12.6. The zero-order valence-corrected chi connectivity index (χ0v) is 12.7. The quantitative estimate of drug-likeness (QED) is 0.836. The number of hydrogen-bond acceptors (Lipinski definition) is 2. The molecule has 1 atom stereocenters. The maximum Gasteiger partial charge on any atom is 0.00796 e. The van der Waals surface area contributed by atoms with E-state index in [1.807, 2.05) is 11.3 Å². The molecule has 0 saturated carbocycles. The zero-order valence-electron chi connectivity index (χ0n) is 11.9. The minimum Gasteiger partial charge on any atom is -0.327 e. The Balaban J connectivity index is 1.82. The summed E-state index contributed by atoms with van der Waals surface area (Å²) in [5, 5.41) is 2.14. The van der Waals surface area contributed by atoms with Crippen LogP contribution in [0, 0.1) is 13.8 Å². The fraction of sp³-hybridized carbons (Fsp3) is 0.412. The number of rotatable bonds is 6. The standard InChI is InChI=1S/C17H23NS/c1-13-6-3-7-14(2)17(13)12-15(18)8-4-9-16-10-5-11-19-16/h3,5-7,10-11,15H,4,8-9,12,18H2,1-2H3. The molecule has 0 bridgehead atoms. The minimum atomic E-state index is 0.278. The Bertz CT molecular complexity index is 482. The highest BCUT2D eigenvalue weighted by Crippen LogP contribution is 2.17. The first-order chi connectivity index (χ1) is 9.16. The van der Waals surface area contributed by atoms with Crippen LogP contribution in [0.5, 0.6) is 0 Å². The lowest BCUT2D eigenvalue weighted by Crippen LogP contribution is -2.23. The van der Waals surface area contributed by atoms with Crippen molar-refractivity contribution >= 4 is 11.3 Å². The largest absolute Gasteiger partial charge is 0.327 e. The van der Waals surface area contributed by atoms with E-state index < -0.39 is 0 Å². The molecule has 2 aromatic rings. The van der Waals surface area contributed by atoms with Crippen LogP contribution in [0.1, 0.15) is 34.4 Å². The summed E-state index contributed by atoms with van der Waals surface area (Å²) in [6, 6.07) is 11.1. The fourth-order valence-electron chi connectivity index (χ4n) is 2.53. The van der Waals surface area contributed by atoms with Crippen molar-refractivity contribution in [3.8, 4) is 0 Å². The van der Waals surface area contributed by atoms with Crippen LogP contribution in [0.3, 0.4) is 0 Å². The monoisotopic (exact) mass is 273 g/mol. The zero-order chi connectivity index (χ0) is 13.7. The molecule has 0 radical (unpaired) electrons. The number of nitrogens with two attached hydrogens (primary N) is 1. The molecule has 0 aliphatic heterocycles. The third-order valence-electron chi connectivity index (χ3n) is 3.69. The van der Waals surface area contributed by atoms with Crippen molar-refractivity contribution in [1.29, 1.82) is 0 Å². The van der Waals surface area contributed by atoms with E-state index in [9.17, 15) is 0 Å². The van der Waals surface area contributed by atoms with Gasteiger partial charge in [-0.25, -0.2) is 0 Å². The molecule has 1 nitrogen and oxygen atoms in total. The van der Waals surface area contributed by atoms with Crippen molar-refractivity contribution < 1.29 is 0 Å². The molecule has 0 aliphatic carbocycles. The number of aryl methyl sites for hydroxylation is 3. The number of benzene rings is 1. The Morgan fingerprint density at radius 1 is 1.11 bits per heavy atom. The van der Waals surface area contributed by atoms with Crippen LogP contribution in [0.4, 0.5) is 0 Å².